The van der Waals surface area contributed by atoms with E-state index in [1.54, 1.807) is 29.2 Å². The van der Waals surface area contributed by atoms with Crippen LogP contribution in [0, 0.1) is 17.1 Å². The summed E-state index contributed by atoms with van der Waals surface area (Å²) in [5.41, 5.74) is 1.62. The summed E-state index contributed by atoms with van der Waals surface area (Å²) in [6.45, 7) is 2.47. The van der Waals surface area contributed by atoms with Gasteiger partial charge in [0.25, 0.3) is 5.91 Å². The summed E-state index contributed by atoms with van der Waals surface area (Å²) in [4.78, 5) is 28.3. The summed E-state index contributed by atoms with van der Waals surface area (Å²) < 4.78 is 12.9. The average Bonchev–Trinajstić information content (AvgIpc) is 2.70. The van der Waals surface area contributed by atoms with E-state index in [1.165, 1.54) is 24.3 Å². The highest BCUT2D eigenvalue weighted by atomic mass is 19.1. The van der Waals surface area contributed by atoms with Gasteiger partial charge < -0.3 is 10.2 Å². The number of rotatable bonds is 4. The molecule has 1 N–H and O–H groups in total. The molecule has 0 atom stereocenters. The number of hydrogen-bond donors (Lipinski definition) is 1. The first-order valence-electron chi connectivity index (χ1n) is 8.62. The molecule has 2 aromatic carbocycles. The van der Waals surface area contributed by atoms with E-state index in [0.717, 1.165) is 0 Å². The summed E-state index contributed by atoms with van der Waals surface area (Å²) in [5.74, 6) is -0.598. The normalized spacial score (nSPS) is 14.4. The van der Waals surface area contributed by atoms with E-state index in [9.17, 15) is 14.0 Å². The Kier molecular flexibility index (Phi) is 5.79. The third-order valence-electron chi connectivity index (χ3n) is 4.42. The first kappa shape index (κ1) is 18.5. The molecule has 0 spiro atoms. The molecule has 0 radical (unpaired) electrons. The molecular formula is C20H19FN4O2. The lowest BCUT2D eigenvalue weighted by Gasteiger charge is -2.34. The molecule has 0 aromatic heterocycles. The molecule has 3 rings (SSSR count). The van der Waals surface area contributed by atoms with E-state index in [0.29, 0.717) is 43.0 Å². The number of amides is 2. The van der Waals surface area contributed by atoms with Gasteiger partial charge in [0.1, 0.15) is 5.82 Å². The minimum atomic E-state index is -0.351. The largest absolute Gasteiger partial charge is 0.336 e. The molecular weight excluding hydrogens is 347 g/mol. The van der Waals surface area contributed by atoms with E-state index < -0.39 is 0 Å². The van der Waals surface area contributed by atoms with Crippen molar-refractivity contribution in [3.05, 3.63) is 65.5 Å². The maximum atomic E-state index is 12.9. The van der Waals surface area contributed by atoms with Crippen molar-refractivity contribution in [3.8, 4) is 6.07 Å². The van der Waals surface area contributed by atoms with Crippen molar-refractivity contribution in [3.63, 3.8) is 0 Å². The van der Waals surface area contributed by atoms with Gasteiger partial charge in [-0.2, -0.15) is 5.26 Å². The number of nitrogens with zero attached hydrogens (tertiary/aromatic N) is 3. The van der Waals surface area contributed by atoms with E-state index in [2.05, 4.69) is 5.32 Å². The lowest BCUT2D eigenvalue weighted by molar-refractivity contribution is -0.117. The van der Waals surface area contributed by atoms with Gasteiger partial charge in [-0.25, -0.2) is 4.39 Å². The van der Waals surface area contributed by atoms with Gasteiger partial charge in [-0.3, -0.25) is 14.5 Å². The molecule has 6 nitrogen and oxygen atoms in total. The second kappa shape index (κ2) is 8.43. The highest BCUT2D eigenvalue weighted by Crippen LogP contribution is 2.11. The van der Waals surface area contributed by atoms with Crippen LogP contribution >= 0.6 is 0 Å². The molecule has 2 amide bonds. The number of nitrogens with one attached hydrogen (secondary N) is 1. The Morgan fingerprint density at radius 1 is 1.00 bits per heavy atom. The zero-order valence-electron chi connectivity index (χ0n) is 14.7. The van der Waals surface area contributed by atoms with Gasteiger partial charge in [-0.15, -0.1) is 0 Å². The molecule has 27 heavy (non-hydrogen) atoms. The van der Waals surface area contributed by atoms with Crippen LogP contribution in [0.2, 0.25) is 0 Å². The smallest absolute Gasteiger partial charge is 0.253 e. The molecule has 1 aliphatic heterocycles. The average molecular weight is 366 g/mol. The number of nitriles is 1. The quantitative estimate of drug-likeness (QED) is 0.899. The summed E-state index contributed by atoms with van der Waals surface area (Å²) >= 11 is 0. The topological polar surface area (TPSA) is 76.4 Å². The zero-order chi connectivity index (χ0) is 19.2. The number of benzene rings is 2. The number of carbonyl (C=O) groups is 2. The zero-order valence-corrected chi connectivity index (χ0v) is 14.7. The predicted octanol–water partition coefficient (Wildman–Crippen LogP) is 2.09. The van der Waals surface area contributed by atoms with Crippen LogP contribution in [0.4, 0.5) is 10.1 Å². The van der Waals surface area contributed by atoms with E-state index in [4.69, 9.17) is 5.26 Å². The summed E-state index contributed by atoms with van der Waals surface area (Å²) in [6, 6.07) is 14.2. The Bertz CT molecular complexity index is 851. The highest BCUT2D eigenvalue weighted by molar-refractivity contribution is 5.94. The second-order valence-corrected chi connectivity index (χ2v) is 6.31. The molecule has 1 saturated heterocycles. The molecule has 1 fully saturated rings. The van der Waals surface area contributed by atoms with Crippen molar-refractivity contribution in [2.24, 2.45) is 0 Å². The third-order valence-corrected chi connectivity index (χ3v) is 4.42. The van der Waals surface area contributed by atoms with Crippen molar-refractivity contribution in [2.45, 2.75) is 0 Å². The lowest BCUT2D eigenvalue weighted by atomic mass is 10.1. The number of hydrogen-bond acceptors (Lipinski definition) is 4. The van der Waals surface area contributed by atoms with E-state index >= 15 is 0 Å². The minimum absolute atomic E-state index is 0.0742. The molecule has 1 aliphatic rings. The van der Waals surface area contributed by atoms with Crippen LogP contribution in [-0.2, 0) is 4.79 Å². The number of halogens is 1. The first-order valence-corrected chi connectivity index (χ1v) is 8.62. The fraction of sp³-hybridized carbons (Fsp3) is 0.250. The number of carbonyl (C=O) groups excluding carboxylic acids is 2. The second-order valence-electron chi connectivity index (χ2n) is 6.31. The van der Waals surface area contributed by atoms with E-state index in [-0.39, 0.29) is 24.2 Å². The number of anilines is 1. The number of piperazine rings is 1. The SMILES string of the molecule is N#Cc1ccc(C(=O)N2CCN(CC(=O)Nc3ccc(F)cc3)CC2)cc1. The van der Waals surface area contributed by atoms with Crippen LogP contribution in [0.3, 0.4) is 0 Å². The van der Waals surface area contributed by atoms with Crippen LogP contribution in [0.1, 0.15) is 15.9 Å². The minimum Gasteiger partial charge on any atom is -0.336 e. The van der Waals surface area contributed by atoms with Gasteiger partial charge in [-0.05, 0) is 48.5 Å². The standard InChI is InChI=1S/C20H19FN4O2/c21-17-5-7-18(8-6-17)23-19(26)14-24-9-11-25(12-10-24)20(27)16-3-1-15(13-22)2-4-16/h1-8H,9-12,14H2,(H,23,26). The Balaban J connectivity index is 1.48. The predicted molar refractivity (Wildman–Crippen MR) is 98.5 cm³/mol. The molecule has 0 saturated carbocycles. The molecule has 0 aliphatic carbocycles. The lowest BCUT2D eigenvalue weighted by Crippen LogP contribution is -2.50. The Morgan fingerprint density at radius 3 is 2.22 bits per heavy atom. The van der Waals surface area contributed by atoms with Gasteiger partial charge >= 0.3 is 0 Å². The molecule has 1 heterocycles. The summed E-state index contributed by atoms with van der Waals surface area (Å²) in [5, 5.41) is 11.6. The first-order chi connectivity index (χ1) is 13.0. The molecule has 7 heteroatoms. The van der Waals surface area contributed by atoms with Crippen LogP contribution in [-0.4, -0.2) is 54.3 Å². The van der Waals surface area contributed by atoms with Crippen LogP contribution < -0.4 is 5.32 Å². The van der Waals surface area contributed by atoms with Gasteiger partial charge in [-0.1, -0.05) is 0 Å². The van der Waals surface area contributed by atoms with Crippen LogP contribution in [0.5, 0.6) is 0 Å². The van der Waals surface area contributed by atoms with Gasteiger partial charge in [0.05, 0.1) is 18.2 Å². The van der Waals surface area contributed by atoms with Gasteiger partial charge in [0.15, 0.2) is 0 Å². The maximum absolute atomic E-state index is 12.9. The molecule has 0 bridgehead atoms. The van der Waals surface area contributed by atoms with Gasteiger partial charge in [0, 0.05) is 37.4 Å². The monoisotopic (exact) mass is 366 g/mol. The van der Waals surface area contributed by atoms with Crippen molar-refractivity contribution >= 4 is 17.5 Å². The van der Waals surface area contributed by atoms with Crippen molar-refractivity contribution in [1.29, 1.82) is 5.26 Å². The Hall–Kier alpha value is -3.24. The summed E-state index contributed by atoms with van der Waals surface area (Å²) in [6.07, 6.45) is 0. The van der Waals surface area contributed by atoms with Crippen molar-refractivity contribution in [1.82, 2.24) is 9.80 Å². The van der Waals surface area contributed by atoms with Crippen molar-refractivity contribution < 1.29 is 14.0 Å². The Morgan fingerprint density at radius 2 is 1.63 bits per heavy atom. The third kappa shape index (κ3) is 4.90. The fourth-order valence-electron chi connectivity index (χ4n) is 2.92. The van der Waals surface area contributed by atoms with Gasteiger partial charge in [0.2, 0.25) is 5.91 Å². The van der Waals surface area contributed by atoms with Crippen LogP contribution in [0.25, 0.3) is 0 Å². The van der Waals surface area contributed by atoms with Crippen LogP contribution in [0.15, 0.2) is 48.5 Å². The summed E-state index contributed by atoms with van der Waals surface area (Å²) in [7, 11) is 0. The maximum Gasteiger partial charge on any atom is 0.253 e. The molecule has 2 aromatic rings. The molecule has 0 unspecified atom stereocenters. The van der Waals surface area contributed by atoms with Crippen molar-refractivity contribution in [2.75, 3.05) is 38.0 Å². The highest BCUT2D eigenvalue weighted by Gasteiger charge is 2.23. The fourth-order valence-corrected chi connectivity index (χ4v) is 2.92. The molecule has 138 valence electrons. The Labute approximate surface area is 156 Å². The van der Waals surface area contributed by atoms with E-state index in [1.807, 2.05) is 11.0 Å².